The Morgan fingerprint density at radius 2 is 2.25 bits per heavy atom. The number of anilines is 1. The van der Waals surface area contributed by atoms with E-state index in [9.17, 15) is 10.1 Å². The zero-order valence-electron chi connectivity index (χ0n) is 8.81. The summed E-state index contributed by atoms with van der Waals surface area (Å²) in [7, 11) is 1.89. The van der Waals surface area contributed by atoms with Gasteiger partial charge < -0.3 is 10.2 Å². The standard InChI is InChI=1S/C10H12BrN3O2/c1-13(8-5-12-6-8)10-4-7(11)2-3-9(10)14(15)16/h2-4,8,12H,5-6H2,1H3. The number of likely N-dealkylation sites (N-methyl/N-ethyl adjacent to an activating group) is 1. The Morgan fingerprint density at radius 1 is 1.56 bits per heavy atom. The summed E-state index contributed by atoms with van der Waals surface area (Å²) in [6, 6.07) is 5.35. The molecule has 1 saturated heterocycles. The first kappa shape index (κ1) is 11.3. The second-order valence-corrected chi connectivity index (χ2v) is 4.73. The molecule has 1 aliphatic heterocycles. The van der Waals surface area contributed by atoms with Gasteiger partial charge in [-0.15, -0.1) is 0 Å². The van der Waals surface area contributed by atoms with Crippen LogP contribution in [0.15, 0.2) is 22.7 Å². The lowest BCUT2D eigenvalue weighted by Crippen LogP contribution is -2.56. The summed E-state index contributed by atoms with van der Waals surface area (Å²) in [5.74, 6) is 0. The zero-order chi connectivity index (χ0) is 11.7. The quantitative estimate of drug-likeness (QED) is 0.679. The minimum absolute atomic E-state index is 0.151. The lowest BCUT2D eigenvalue weighted by atomic mass is 10.1. The van der Waals surface area contributed by atoms with E-state index in [0.717, 1.165) is 17.6 Å². The molecule has 86 valence electrons. The molecule has 0 saturated carbocycles. The number of benzene rings is 1. The molecule has 16 heavy (non-hydrogen) atoms. The third-order valence-electron chi connectivity index (χ3n) is 2.82. The van der Waals surface area contributed by atoms with Crippen LogP contribution in [0.2, 0.25) is 0 Å². The smallest absolute Gasteiger partial charge is 0.292 e. The fraction of sp³-hybridized carbons (Fsp3) is 0.400. The number of nitro groups is 1. The molecular formula is C10H12BrN3O2. The van der Waals surface area contributed by atoms with E-state index in [4.69, 9.17) is 0 Å². The number of nitro benzene ring substituents is 1. The maximum absolute atomic E-state index is 10.9. The van der Waals surface area contributed by atoms with Crippen LogP contribution in [0.5, 0.6) is 0 Å². The van der Waals surface area contributed by atoms with Gasteiger partial charge in [0.1, 0.15) is 5.69 Å². The molecule has 6 heteroatoms. The van der Waals surface area contributed by atoms with Crippen LogP contribution >= 0.6 is 15.9 Å². The highest BCUT2D eigenvalue weighted by atomic mass is 79.9. The van der Waals surface area contributed by atoms with E-state index in [-0.39, 0.29) is 10.6 Å². The second-order valence-electron chi connectivity index (χ2n) is 3.81. The van der Waals surface area contributed by atoms with Gasteiger partial charge in [0.05, 0.1) is 11.0 Å². The van der Waals surface area contributed by atoms with Crippen molar-refractivity contribution in [3.63, 3.8) is 0 Å². The van der Waals surface area contributed by atoms with Crippen molar-refractivity contribution in [2.75, 3.05) is 25.0 Å². The van der Waals surface area contributed by atoms with Crippen LogP contribution in [0.3, 0.4) is 0 Å². The summed E-state index contributed by atoms with van der Waals surface area (Å²) in [5, 5.41) is 14.1. The van der Waals surface area contributed by atoms with Crippen molar-refractivity contribution in [3.05, 3.63) is 32.8 Å². The SMILES string of the molecule is CN(c1cc(Br)ccc1[N+](=O)[O-])C1CNC1. The molecule has 1 fully saturated rings. The molecule has 0 aliphatic carbocycles. The van der Waals surface area contributed by atoms with Crippen molar-refractivity contribution in [2.24, 2.45) is 0 Å². The molecule has 1 N–H and O–H groups in total. The zero-order valence-corrected chi connectivity index (χ0v) is 10.4. The van der Waals surface area contributed by atoms with Crippen LogP contribution in [0.4, 0.5) is 11.4 Å². The molecule has 1 aromatic rings. The molecule has 1 aliphatic rings. The Balaban J connectivity index is 2.36. The lowest BCUT2D eigenvalue weighted by molar-refractivity contribution is -0.384. The Kier molecular flexibility index (Phi) is 3.11. The molecule has 0 amide bonds. The number of rotatable bonds is 3. The third-order valence-corrected chi connectivity index (χ3v) is 3.32. The van der Waals surface area contributed by atoms with Crippen LogP contribution in [0.1, 0.15) is 0 Å². The largest absolute Gasteiger partial charge is 0.363 e. The lowest BCUT2D eigenvalue weighted by Gasteiger charge is -2.36. The highest BCUT2D eigenvalue weighted by Crippen LogP contribution is 2.32. The van der Waals surface area contributed by atoms with Crippen LogP contribution in [-0.2, 0) is 0 Å². The first-order valence-electron chi connectivity index (χ1n) is 4.97. The van der Waals surface area contributed by atoms with Crippen LogP contribution in [0.25, 0.3) is 0 Å². The van der Waals surface area contributed by atoms with Gasteiger partial charge in [0.15, 0.2) is 0 Å². The van der Waals surface area contributed by atoms with Gasteiger partial charge in [-0.1, -0.05) is 15.9 Å². The highest BCUT2D eigenvalue weighted by molar-refractivity contribution is 9.10. The average Bonchev–Trinajstić information content (AvgIpc) is 2.14. The first-order valence-corrected chi connectivity index (χ1v) is 5.76. The van der Waals surface area contributed by atoms with Gasteiger partial charge in [-0.05, 0) is 12.1 Å². The highest BCUT2D eigenvalue weighted by Gasteiger charge is 2.26. The summed E-state index contributed by atoms with van der Waals surface area (Å²) in [5.41, 5.74) is 0.809. The van der Waals surface area contributed by atoms with E-state index in [1.54, 1.807) is 12.1 Å². The summed E-state index contributed by atoms with van der Waals surface area (Å²) in [6.45, 7) is 1.75. The number of hydrogen-bond acceptors (Lipinski definition) is 4. The number of nitrogens with zero attached hydrogens (tertiary/aromatic N) is 2. The second kappa shape index (κ2) is 4.39. The topological polar surface area (TPSA) is 58.4 Å². The molecule has 2 rings (SSSR count). The molecule has 0 radical (unpaired) electrons. The van der Waals surface area contributed by atoms with Crippen molar-refractivity contribution >= 4 is 27.3 Å². The summed E-state index contributed by atoms with van der Waals surface area (Å²) in [4.78, 5) is 12.5. The Morgan fingerprint density at radius 3 is 2.75 bits per heavy atom. The molecular weight excluding hydrogens is 274 g/mol. The van der Waals surface area contributed by atoms with Crippen LogP contribution in [-0.4, -0.2) is 31.1 Å². The maximum atomic E-state index is 10.9. The Hall–Kier alpha value is -1.14. The molecule has 0 atom stereocenters. The minimum Gasteiger partial charge on any atom is -0.363 e. The van der Waals surface area contributed by atoms with Gasteiger partial charge in [-0.3, -0.25) is 10.1 Å². The number of hydrogen-bond donors (Lipinski definition) is 1. The van der Waals surface area contributed by atoms with Crippen LogP contribution in [0, 0.1) is 10.1 Å². The van der Waals surface area contributed by atoms with Crippen molar-refractivity contribution in [3.8, 4) is 0 Å². The van der Waals surface area contributed by atoms with Gasteiger partial charge in [0.2, 0.25) is 0 Å². The molecule has 0 unspecified atom stereocenters. The van der Waals surface area contributed by atoms with Gasteiger partial charge in [-0.25, -0.2) is 0 Å². The van der Waals surface area contributed by atoms with E-state index in [2.05, 4.69) is 21.2 Å². The average molecular weight is 286 g/mol. The molecule has 1 heterocycles. The molecule has 5 nitrogen and oxygen atoms in total. The Labute approximate surface area is 102 Å². The van der Waals surface area contributed by atoms with E-state index < -0.39 is 0 Å². The maximum Gasteiger partial charge on any atom is 0.292 e. The van der Waals surface area contributed by atoms with Gasteiger partial charge in [0.25, 0.3) is 5.69 Å². The van der Waals surface area contributed by atoms with Crippen molar-refractivity contribution in [1.82, 2.24) is 5.32 Å². The van der Waals surface area contributed by atoms with Crippen molar-refractivity contribution in [1.29, 1.82) is 0 Å². The van der Waals surface area contributed by atoms with Gasteiger partial charge in [0, 0.05) is 30.7 Å². The van der Waals surface area contributed by atoms with E-state index in [1.165, 1.54) is 6.07 Å². The monoisotopic (exact) mass is 285 g/mol. The normalized spacial score (nSPS) is 15.6. The summed E-state index contributed by atoms with van der Waals surface area (Å²) in [6.07, 6.45) is 0. The van der Waals surface area contributed by atoms with Crippen LogP contribution < -0.4 is 10.2 Å². The minimum atomic E-state index is -0.343. The van der Waals surface area contributed by atoms with Gasteiger partial charge >= 0.3 is 0 Å². The fourth-order valence-electron chi connectivity index (χ4n) is 1.68. The molecule has 0 spiro atoms. The third kappa shape index (κ3) is 2.03. The number of nitrogens with one attached hydrogen (secondary N) is 1. The van der Waals surface area contributed by atoms with E-state index in [0.29, 0.717) is 11.7 Å². The van der Waals surface area contributed by atoms with E-state index >= 15 is 0 Å². The van der Waals surface area contributed by atoms with Gasteiger partial charge in [-0.2, -0.15) is 0 Å². The summed E-state index contributed by atoms with van der Waals surface area (Å²) < 4.78 is 0.854. The predicted molar refractivity (Wildman–Crippen MR) is 65.9 cm³/mol. The van der Waals surface area contributed by atoms with E-state index in [1.807, 2.05) is 11.9 Å². The predicted octanol–water partition coefficient (Wildman–Crippen LogP) is 1.77. The molecule has 1 aromatic carbocycles. The molecule has 0 aromatic heterocycles. The summed E-state index contributed by atoms with van der Waals surface area (Å²) >= 11 is 3.34. The Bertz CT molecular complexity index is 421. The first-order chi connectivity index (χ1) is 7.59. The number of halogens is 1. The fourth-order valence-corrected chi connectivity index (χ4v) is 2.03. The molecule has 0 bridgehead atoms. The van der Waals surface area contributed by atoms with Crippen molar-refractivity contribution in [2.45, 2.75) is 6.04 Å². The van der Waals surface area contributed by atoms with Crippen molar-refractivity contribution < 1.29 is 4.92 Å².